The summed E-state index contributed by atoms with van der Waals surface area (Å²) in [6.45, 7) is 5.73. The second kappa shape index (κ2) is 9.08. The van der Waals surface area contributed by atoms with Gasteiger partial charge in [-0.1, -0.05) is 18.2 Å². The minimum Gasteiger partial charge on any atom is -0.437 e. The average molecular weight is 440 g/mol. The van der Waals surface area contributed by atoms with Gasteiger partial charge in [0.25, 0.3) is 0 Å². The molecule has 0 saturated carbocycles. The highest BCUT2D eigenvalue weighted by Gasteiger charge is 2.48. The Morgan fingerprint density at radius 3 is 2.53 bits per heavy atom. The van der Waals surface area contributed by atoms with Gasteiger partial charge in [0, 0.05) is 44.1 Å². The molecule has 170 valence electrons. The molecule has 1 amide bonds. The minimum atomic E-state index is -0.734. The Hall–Kier alpha value is -2.64. The summed E-state index contributed by atoms with van der Waals surface area (Å²) in [7, 11) is 0. The summed E-state index contributed by atoms with van der Waals surface area (Å²) < 4.78 is 25.1. The maximum atomic E-state index is 13.3. The molecule has 1 atom stereocenters. The SMILES string of the molecule is O=C1OC2(COCCN(Cc3ccccc3N3CCCCC3)C2)CN1c1ccc(F)cc1. The predicted octanol–water partition coefficient (Wildman–Crippen LogP) is 4.04. The first kappa shape index (κ1) is 21.2. The van der Waals surface area contributed by atoms with Gasteiger partial charge in [0.15, 0.2) is 5.60 Å². The van der Waals surface area contributed by atoms with Crippen LogP contribution in [0.4, 0.5) is 20.6 Å². The summed E-state index contributed by atoms with van der Waals surface area (Å²) in [5.74, 6) is -0.327. The van der Waals surface area contributed by atoms with Crippen LogP contribution in [0.3, 0.4) is 0 Å². The van der Waals surface area contributed by atoms with Crippen molar-refractivity contribution in [2.45, 2.75) is 31.4 Å². The van der Waals surface area contributed by atoms with Crippen LogP contribution in [0, 0.1) is 5.82 Å². The molecule has 2 aromatic carbocycles. The summed E-state index contributed by atoms with van der Waals surface area (Å²) >= 11 is 0. The van der Waals surface area contributed by atoms with Crippen LogP contribution in [0.2, 0.25) is 0 Å². The number of carbonyl (C=O) groups excluding carboxylic acids is 1. The molecular weight excluding hydrogens is 409 g/mol. The van der Waals surface area contributed by atoms with Crippen LogP contribution in [0.15, 0.2) is 48.5 Å². The lowest BCUT2D eigenvalue weighted by Gasteiger charge is -2.33. The minimum absolute atomic E-state index is 0.327. The average Bonchev–Trinajstić information content (AvgIpc) is 3.00. The van der Waals surface area contributed by atoms with Gasteiger partial charge in [-0.25, -0.2) is 9.18 Å². The van der Waals surface area contributed by atoms with Crippen LogP contribution in [0.25, 0.3) is 0 Å². The van der Waals surface area contributed by atoms with Crippen molar-refractivity contribution in [3.8, 4) is 0 Å². The molecule has 2 aromatic rings. The Kier molecular flexibility index (Phi) is 6.02. The molecule has 6 nitrogen and oxygen atoms in total. The molecule has 0 N–H and O–H groups in total. The van der Waals surface area contributed by atoms with Crippen LogP contribution in [-0.2, 0) is 16.0 Å². The van der Waals surface area contributed by atoms with E-state index in [1.54, 1.807) is 17.0 Å². The molecular formula is C25H30FN3O3. The third kappa shape index (κ3) is 4.45. The van der Waals surface area contributed by atoms with Crippen molar-refractivity contribution in [3.05, 3.63) is 59.9 Å². The fourth-order valence-electron chi connectivity index (χ4n) is 5.05. The molecule has 5 rings (SSSR count). The van der Waals surface area contributed by atoms with E-state index in [0.717, 1.165) is 26.2 Å². The molecule has 1 spiro atoms. The first-order chi connectivity index (χ1) is 15.6. The molecule has 32 heavy (non-hydrogen) atoms. The number of para-hydroxylation sites is 1. The quantitative estimate of drug-likeness (QED) is 0.720. The number of hydrogen-bond donors (Lipinski definition) is 0. The van der Waals surface area contributed by atoms with E-state index >= 15 is 0 Å². The number of rotatable bonds is 4. The highest BCUT2D eigenvalue weighted by molar-refractivity contribution is 5.90. The van der Waals surface area contributed by atoms with E-state index in [4.69, 9.17) is 9.47 Å². The zero-order valence-electron chi connectivity index (χ0n) is 18.3. The lowest BCUT2D eigenvalue weighted by Crippen LogP contribution is -2.47. The highest BCUT2D eigenvalue weighted by Crippen LogP contribution is 2.32. The van der Waals surface area contributed by atoms with Gasteiger partial charge in [0.05, 0.1) is 19.8 Å². The van der Waals surface area contributed by atoms with Gasteiger partial charge in [0.1, 0.15) is 5.82 Å². The second-order valence-corrected chi connectivity index (χ2v) is 9.05. The lowest BCUT2D eigenvalue weighted by atomic mass is 10.0. The van der Waals surface area contributed by atoms with Crippen molar-refractivity contribution in [1.29, 1.82) is 0 Å². The Morgan fingerprint density at radius 2 is 1.72 bits per heavy atom. The van der Waals surface area contributed by atoms with Crippen molar-refractivity contribution in [3.63, 3.8) is 0 Å². The molecule has 3 aliphatic rings. The van der Waals surface area contributed by atoms with Gasteiger partial charge in [-0.3, -0.25) is 9.80 Å². The van der Waals surface area contributed by atoms with Gasteiger partial charge >= 0.3 is 6.09 Å². The van der Waals surface area contributed by atoms with Gasteiger partial charge in [-0.2, -0.15) is 0 Å². The van der Waals surface area contributed by atoms with E-state index in [-0.39, 0.29) is 5.82 Å². The van der Waals surface area contributed by atoms with E-state index in [1.807, 2.05) is 0 Å². The summed E-state index contributed by atoms with van der Waals surface area (Å²) in [6.07, 6.45) is 3.38. The van der Waals surface area contributed by atoms with Crippen molar-refractivity contribution >= 4 is 17.5 Å². The number of amides is 1. The Bertz CT molecular complexity index is 948. The highest BCUT2D eigenvalue weighted by atomic mass is 19.1. The number of nitrogens with zero attached hydrogens (tertiary/aromatic N) is 3. The molecule has 3 heterocycles. The summed E-state index contributed by atoms with van der Waals surface area (Å²) in [6, 6.07) is 14.6. The monoisotopic (exact) mass is 439 g/mol. The zero-order chi connectivity index (χ0) is 22.0. The molecule has 0 aromatic heterocycles. The lowest BCUT2D eigenvalue weighted by molar-refractivity contribution is -0.0154. The van der Waals surface area contributed by atoms with Crippen molar-refractivity contribution < 1.29 is 18.7 Å². The van der Waals surface area contributed by atoms with Crippen LogP contribution in [-0.4, -0.2) is 62.5 Å². The number of benzene rings is 2. The topological polar surface area (TPSA) is 45.3 Å². The second-order valence-electron chi connectivity index (χ2n) is 9.05. The van der Waals surface area contributed by atoms with Crippen LogP contribution < -0.4 is 9.80 Å². The molecule has 0 aliphatic carbocycles. The van der Waals surface area contributed by atoms with E-state index in [1.165, 1.54) is 42.6 Å². The molecule has 3 fully saturated rings. The number of halogens is 1. The van der Waals surface area contributed by atoms with E-state index < -0.39 is 11.7 Å². The van der Waals surface area contributed by atoms with Gasteiger partial charge < -0.3 is 14.4 Å². The number of anilines is 2. The van der Waals surface area contributed by atoms with E-state index in [9.17, 15) is 9.18 Å². The molecule has 1 unspecified atom stereocenters. The summed E-state index contributed by atoms with van der Waals surface area (Å²) in [4.78, 5) is 19.1. The van der Waals surface area contributed by atoms with Crippen molar-refractivity contribution in [1.82, 2.24) is 4.90 Å². The Morgan fingerprint density at radius 1 is 0.938 bits per heavy atom. The maximum absolute atomic E-state index is 13.3. The predicted molar refractivity (Wildman–Crippen MR) is 122 cm³/mol. The molecule has 3 aliphatic heterocycles. The number of carbonyl (C=O) groups is 1. The molecule has 0 bridgehead atoms. The molecule has 0 radical (unpaired) electrons. The van der Waals surface area contributed by atoms with Crippen LogP contribution in [0.5, 0.6) is 0 Å². The van der Waals surface area contributed by atoms with Crippen molar-refractivity contribution in [2.75, 3.05) is 55.7 Å². The Labute approximate surface area is 188 Å². The number of piperidine rings is 1. The summed E-state index contributed by atoms with van der Waals surface area (Å²) in [5, 5.41) is 0. The zero-order valence-corrected chi connectivity index (χ0v) is 18.3. The van der Waals surface area contributed by atoms with E-state index in [0.29, 0.717) is 32.0 Å². The van der Waals surface area contributed by atoms with Crippen molar-refractivity contribution in [2.24, 2.45) is 0 Å². The fourth-order valence-corrected chi connectivity index (χ4v) is 5.05. The smallest absolute Gasteiger partial charge is 0.415 e. The first-order valence-corrected chi connectivity index (χ1v) is 11.5. The normalized spacial score (nSPS) is 24.6. The third-order valence-corrected chi connectivity index (χ3v) is 6.62. The van der Waals surface area contributed by atoms with Gasteiger partial charge in [-0.05, 0) is 55.2 Å². The van der Waals surface area contributed by atoms with Gasteiger partial charge in [-0.15, -0.1) is 0 Å². The van der Waals surface area contributed by atoms with E-state index in [2.05, 4.69) is 34.1 Å². The fraction of sp³-hybridized carbons (Fsp3) is 0.480. The first-order valence-electron chi connectivity index (χ1n) is 11.5. The third-order valence-electron chi connectivity index (χ3n) is 6.62. The number of hydrogen-bond acceptors (Lipinski definition) is 5. The number of ether oxygens (including phenoxy) is 2. The summed E-state index contributed by atoms with van der Waals surface area (Å²) in [5.41, 5.74) is 2.51. The van der Waals surface area contributed by atoms with Crippen LogP contribution >= 0.6 is 0 Å². The molecule has 7 heteroatoms. The standard InChI is InChI=1S/C25H30FN3O3/c26-21-8-10-22(11-9-21)29-18-25(32-24(29)30)17-27(14-15-31-19-25)16-20-6-2-3-7-23(20)28-12-4-1-5-13-28/h2-3,6-11H,1,4-5,12-19H2. The van der Waals surface area contributed by atoms with Gasteiger partial charge in [0.2, 0.25) is 0 Å². The largest absolute Gasteiger partial charge is 0.437 e. The molecule has 3 saturated heterocycles. The van der Waals surface area contributed by atoms with Crippen LogP contribution in [0.1, 0.15) is 24.8 Å². The Balaban J connectivity index is 1.33. The maximum Gasteiger partial charge on any atom is 0.415 e.